The highest BCUT2D eigenvalue weighted by Crippen LogP contribution is 2.26. The van der Waals surface area contributed by atoms with E-state index >= 15 is 0 Å². The third kappa shape index (κ3) is 3.22. The van der Waals surface area contributed by atoms with E-state index in [9.17, 15) is 14.4 Å². The molecule has 24 heavy (non-hydrogen) atoms. The minimum atomic E-state index is -0.331. The van der Waals surface area contributed by atoms with Gasteiger partial charge >= 0.3 is 5.97 Å². The van der Waals surface area contributed by atoms with Crippen molar-refractivity contribution in [2.75, 3.05) is 7.11 Å². The van der Waals surface area contributed by atoms with Gasteiger partial charge in [-0.25, -0.2) is 0 Å². The number of nitrogens with one attached hydrogen (secondary N) is 2. The topological polar surface area (TPSA) is 88.3 Å². The van der Waals surface area contributed by atoms with Crippen molar-refractivity contribution in [1.29, 1.82) is 0 Å². The monoisotopic (exact) mass is 328 g/mol. The van der Waals surface area contributed by atoms with Crippen molar-refractivity contribution in [2.24, 2.45) is 0 Å². The van der Waals surface area contributed by atoms with E-state index in [1.165, 1.54) is 7.11 Å². The zero-order valence-corrected chi connectivity index (χ0v) is 14.0. The summed E-state index contributed by atoms with van der Waals surface area (Å²) in [5, 5.41) is 2.78. The fourth-order valence-electron chi connectivity index (χ4n) is 2.70. The van der Waals surface area contributed by atoms with Crippen LogP contribution in [-0.2, 0) is 20.7 Å². The van der Waals surface area contributed by atoms with Crippen LogP contribution >= 0.6 is 0 Å². The first kappa shape index (κ1) is 17.5. The molecule has 1 amide bonds. The van der Waals surface area contributed by atoms with Crippen LogP contribution in [0.4, 0.5) is 0 Å². The summed E-state index contributed by atoms with van der Waals surface area (Å²) in [6, 6.07) is 0. The smallest absolute Gasteiger partial charge is 0.305 e. The van der Waals surface area contributed by atoms with Crippen molar-refractivity contribution in [3.8, 4) is 0 Å². The number of allylic oxidation sites excluding steroid dienone is 1. The molecule has 0 unspecified atom stereocenters. The second kappa shape index (κ2) is 7.12. The molecule has 0 saturated carbocycles. The predicted molar refractivity (Wildman–Crippen MR) is 90.3 cm³/mol. The Morgan fingerprint density at radius 1 is 1.29 bits per heavy atom. The molecule has 0 atom stereocenters. The predicted octanol–water partition coefficient (Wildman–Crippen LogP) is 2.21. The van der Waals surface area contributed by atoms with Crippen molar-refractivity contribution in [1.82, 2.24) is 10.3 Å². The van der Waals surface area contributed by atoms with Crippen LogP contribution in [0.5, 0.6) is 0 Å². The molecule has 0 aromatic carbocycles. The van der Waals surface area contributed by atoms with E-state index in [1.54, 1.807) is 19.1 Å². The van der Waals surface area contributed by atoms with Crippen LogP contribution in [0, 0.1) is 6.92 Å². The fourth-order valence-corrected chi connectivity index (χ4v) is 2.70. The first-order valence-electron chi connectivity index (χ1n) is 7.53. The molecule has 2 heterocycles. The molecule has 126 valence electrons. The summed E-state index contributed by atoms with van der Waals surface area (Å²) in [7, 11) is 1.33. The lowest BCUT2D eigenvalue weighted by Crippen LogP contribution is -2.15. The SMILES string of the molecule is C=CC1=C(C)C(=O)N/C1=C\c1[nH]c(C=O)c(CCC(=O)OC)c1C. The number of rotatable bonds is 6. The van der Waals surface area contributed by atoms with Gasteiger partial charge in [0, 0.05) is 23.3 Å². The Balaban J connectivity index is 2.39. The van der Waals surface area contributed by atoms with Gasteiger partial charge in [-0.3, -0.25) is 14.4 Å². The van der Waals surface area contributed by atoms with E-state index in [-0.39, 0.29) is 18.3 Å². The number of ether oxygens (including phenoxy) is 1. The maximum Gasteiger partial charge on any atom is 0.305 e. The number of carbonyl (C=O) groups is 3. The van der Waals surface area contributed by atoms with Gasteiger partial charge in [0.25, 0.3) is 5.91 Å². The lowest BCUT2D eigenvalue weighted by atomic mass is 10.0. The van der Waals surface area contributed by atoms with Crippen LogP contribution in [0.1, 0.15) is 40.7 Å². The summed E-state index contributed by atoms with van der Waals surface area (Å²) >= 11 is 0. The lowest BCUT2D eigenvalue weighted by molar-refractivity contribution is -0.140. The number of hydrogen-bond acceptors (Lipinski definition) is 4. The Kier molecular flexibility index (Phi) is 5.18. The Morgan fingerprint density at radius 2 is 2.00 bits per heavy atom. The molecule has 1 aliphatic rings. The summed E-state index contributed by atoms with van der Waals surface area (Å²) < 4.78 is 4.64. The van der Waals surface area contributed by atoms with Gasteiger partial charge in [-0.1, -0.05) is 12.7 Å². The van der Waals surface area contributed by atoms with E-state index in [1.807, 2.05) is 6.92 Å². The summed E-state index contributed by atoms with van der Waals surface area (Å²) in [6.07, 6.45) is 4.72. The Labute approximate surface area is 140 Å². The molecule has 2 rings (SSSR count). The number of aromatic nitrogens is 1. The molecule has 0 spiro atoms. The minimum absolute atomic E-state index is 0.165. The molecule has 1 aromatic rings. The summed E-state index contributed by atoms with van der Waals surface area (Å²) in [5.74, 6) is -0.496. The maximum absolute atomic E-state index is 11.8. The number of esters is 1. The van der Waals surface area contributed by atoms with Gasteiger partial charge in [0.1, 0.15) is 0 Å². The van der Waals surface area contributed by atoms with Gasteiger partial charge in [0.05, 0.1) is 18.5 Å². The molecular weight excluding hydrogens is 308 g/mol. The molecule has 0 bridgehead atoms. The van der Waals surface area contributed by atoms with E-state index in [0.29, 0.717) is 29.1 Å². The van der Waals surface area contributed by atoms with Gasteiger partial charge in [-0.05, 0) is 37.5 Å². The molecule has 1 aromatic heterocycles. The number of carbonyl (C=O) groups excluding carboxylic acids is 3. The zero-order chi connectivity index (χ0) is 17.9. The molecule has 0 fully saturated rings. The minimum Gasteiger partial charge on any atom is -0.469 e. The maximum atomic E-state index is 11.8. The molecule has 6 nitrogen and oxygen atoms in total. The number of aromatic amines is 1. The highest BCUT2D eigenvalue weighted by Gasteiger charge is 2.22. The number of H-pyrrole nitrogens is 1. The highest BCUT2D eigenvalue weighted by atomic mass is 16.5. The Morgan fingerprint density at radius 3 is 2.58 bits per heavy atom. The van der Waals surface area contributed by atoms with Gasteiger partial charge < -0.3 is 15.0 Å². The van der Waals surface area contributed by atoms with Gasteiger partial charge in [0.2, 0.25) is 0 Å². The van der Waals surface area contributed by atoms with Gasteiger partial charge in [-0.15, -0.1) is 0 Å². The molecule has 6 heteroatoms. The first-order chi connectivity index (χ1) is 11.4. The number of aldehydes is 1. The molecule has 0 aliphatic carbocycles. The van der Waals surface area contributed by atoms with E-state index < -0.39 is 0 Å². The Hall–Kier alpha value is -2.89. The van der Waals surface area contributed by atoms with Crippen LogP contribution in [-0.4, -0.2) is 30.3 Å². The third-order valence-electron chi connectivity index (χ3n) is 4.15. The highest BCUT2D eigenvalue weighted by molar-refractivity contribution is 6.01. The van der Waals surface area contributed by atoms with Gasteiger partial charge in [-0.2, -0.15) is 0 Å². The lowest BCUT2D eigenvalue weighted by Gasteiger charge is -2.03. The third-order valence-corrected chi connectivity index (χ3v) is 4.15. The number of hydrogen-bond donors (Lipinski definition) is 2. The Bertz CT molecular complexity index is 781. The molecular formula is C18H20N2O4. The average Bonchev–Trinajstić information content (AvgIpc) is 3.02. The standard InChI is InChI=1S/C18H20N2O4/c1-5-12-11(3)18(23)20-15(12)8-14-10(2)13(16(9-21)19-14)6-7-17(22)24-4/h5,8-9,19H,1,6-7H2,2-4H3,(H,20,23)/b15-8-. The number of methoxy groups -OCH3 is 1. The molecule has 0 radical (unpaired) electrons. The summed E-state index contributed by atoms with van der Waals surface area (Å²) in [4.78, 5) is 37.5. The first-order valence-corrected chi connectivity index (χ1v) is 7.53. The van der Waals surface area contributed by atoms with Crippen LogP contribution < -0.4 is 5.32 Å². The van der Waals surface area contributed by atoms with E-state index in [2.05, 4.69) is 21.6 Å². The van der Waals surface area contributed by atoms with Crippen LogP contribution in [0.25, 0.3) is 6.08 Å². The largest absolute Gasteiger partial charge is 0.469 e. The van der Waals surface area contributed by atoms with Crippen LogP contribution in [0.15, 0.2) is 29.5 Å². The molecule has 1 aliphatic heterocycles. The van der Waals surface area contributed by atoms with Crippen molar-refractivity contribution in [3.63, 3.8) is 0 Å². The fraction of sp³-hybridized carbons (Fsp3) is 0.278. The normalized spacial score (nSPS) is 15.6. The van der Waals surface area contributed by atoms with Crippen molar-refractivity contribution >= 4 is 24.2 Å². The van der Waals surface area contributed by atoms with E-state index in [0.717, 1.165) is 23.0 Å². The van der Waals surface area contributed by atoms with Gasteiger partial charge in [0.15, 0.2) is 6.29 Å². The van der Waals surface area contributed by atoms with Crippen LogP contribution in [0.2, 0.25) is 0 Å². The van der Waals surface area contributed by atoms with Crippen molar-refractivity contribution < 1.29 is 19.1 Å². The second-order valence-corrected chi connectivity index (χ2v) is 5.50. The van der Waals surface area contributed by atoms with Crippen molar-refractivity contribution in [2.45, 2.75) is 26.7 Å². The summed E-state index contributed by atoms with van der Waals surface area (Å²) in [6.45, 7) is 7.32. The number of amides is 1. The van der Waals surface area contributed by atoms with E-state index in [4.69, 9.17) is 0 Å². The second-order valence-electron chi connectivity index (χ2n) is 5.50. The summed E-state index contributed by atoms with van der Waals surface area (Å²) in [5.41, 5.74) is 4.73. The molecule has 2 N–H and O–H groups in total. The zero-order valence-electron chi connectivity index (χ0n) is 14.0. The quantitative estimate of drug-likeness (QED) is 0.619. The van der Waals surface area contributed by atoms with Crippen LogP contribution in [0.3, 0.4) is 0 Å². The average molecular weight is 328 g/mol. The molecule has 0 saturated heterocycles. The van der Waals surface area contributed by atoms with Crippen molar-refractivity contribution in [3.05, 3.63) is 52.0 Å².